The monoisotopic (exact) mass is 377 g/mol. The molecule has 0 atom stereocenters. The number of nitriles is 1. The minimum Gasteiger partial charge on any atom is -0.331 e. The Kier molecular flexibility index (Phi) is 6.66. The van der Waals surface area contributed by atoms with Crippen LogP contribution < -0.4 is 16.0 Å². The predicted molar refractivity (Wildman–Crippen MR) is 94.2 cm³/mol. The van der Waals surface area contributed by atoms with Gasteiger partial charge in [0.25, 0.3) is 11.6 Å². The van der Waals surface area contributed by atoms with Crippen molar-refractivity contribution in [2.45, 2.75) is 12.8 Å². The third-order valence-electron chi connectivity index (χ3n) is 3.84. The highest BCUT2D eigenvalue weighted by Crippen LogP contribution is 2.27. The number of carbonyl (C=O) groups is 2. The maximum absolute atomic E-state index is 12.2. The minimum atomic E-state index is -0.833. The van der Waals surface area contributed by atoms with Gasteiger partial charge in [-0.05, 0) is 32.0 Å². The molecule has 26 heavy (non-hydrogen) atoms. The first-order valence-electron chi connectivity index (χ1n) is 7.79. The molecule has 0 spiro atoms. The summed E-state index contributed by atoms with van der Waals surface area (Å²) in [6.45, 7) is 1.47. The lowest BCUT2D eigenvalue weighted by molar-refractivity contribution is -0.384. The van der Waals surface area contributed by atoms with Gasteiger partial charge in [-0.25, -0.2) is 0 Å². The number of piperidine rings is 1. The number of nitrogens with one attached hydrogen (secondary N) is 3. The molecule has 3 N–H and O–H groups in total. The number of rotatable bonds is 5. The lowest BCUT2D eigenvalue weighted by atomic mass is 9.97. The molecule has 1 aromatic rings. The molecule has 1 aromatic carbocycles. The van der Waals surface area contributed by atoms with E-state index >= 15 is 0 Å². The molecule has 136 valence electrons. The van der Waals surface area contributed by atoms with Crippen LogP contribution >= 0.6 is 11.6 Å². The number of nitrogens with zero attached hydrogens (tertiary/aromatic N) is 2. The standard InChI is InChI=1S/C16H16ClN5O4/c17-13-2-1-12(22(25)26)7-14(13)21-16(24)11(8-18)9-20-15(23)10-3-5-19-6-4-10/h1-2,7,9-10,19H,3-6H2,(H,20,23)(H,21,24)/b11-9-. The van der Waals surface area contributed by atoms with Crippen molar-refractivity contribution in [2.24, 2.45) is 5.92 Å². The Balaban J connectivity index is 2.06. The number of anilines is 1. The molecule has 0 aliphatic carbocycles. The van der Waals surface area contributed by atoms with Crippen LogP contribution in [0, 0.1) is 27.4 Å². The van der Waals surface area contributed by atoms with Crippen molar-refractivity contribution in [3.8, 4) is 6.07 Å². The fraction of sp³-hybridized carbons (Fsp3) is 0.312. The summed E-state index contributed by atoms with van der Waals surface area (Å²) < 4.78 is 0. The fourth-order valence-corrected chi connectivity index (χ4v) is 2.57. The average Bonchev–Trinajstić information content (AvgIpc) is 2.64. The summed E-state index contributed by atoms with van der Waals surface area (Å²) in [4.78, 5) is 34.4. The number of non-ortho nitro benzene ring substituents is 1. The van der Waals surface area contributed by atoms with Gasteiger partial charge in [0.2, 0.25) is 5.91 Å². The van der Waals surface area contributed by atoms with Gasteiger partial charge in [0.1, 0.15) is 11.6 Å². The Morgan fingerprint density at radius 2 is 2.08 bits per heavy atom. The molecule has 1 fully saturated rings. The molecule has 0 aromatic heterocycles. The molecule has 1 heterocycles. The largest absolute Gasteiger partial charge is 0.331 e. The SMILES string of the molecule is N#C/C(=C/NC(=O)C1CCNCC1)C(=O)Nc1cc([N+](=O)[O-])ccc1Cl. The van der Waals surface area contributed by atoms with E-state index < -0.39 is 10.8 Å². The van der Waals surface area contributed by atoms with E-state index in [4.69, 9.17) is 16.9 Å². The smallest absolute Gasteiger partial charge is 0.271 e. The first-order chi connectivity index (χ1) is 12.4. The van der Waals surface area contributed by atoms with Crippen LogP contribution in [0.15, 0.2) is 30.0 Å². The highest BCUT2D eigenvalue weighted by molar-refractivity contribution is 6.34. The molecule has 1 aliphatic heterocycles. The number of hydrogen-bond acceptors (Lipinski definition) is 6. The first-order valence-corrected chi connectivity index (χ1v) is 8.17. The van der Waals surface area contributed by atoms with Gasteiger partial charge in [-0.1, -0.05) is 11.6 Å². The van der Waals surface area contributed by atoms with Crippen molar-refractivity contribution in [2.75, 3.05) is 18.4 Å². The maximum Gasteiger partial charge on any atom is 0.271 e. The molecule has 0 unspecified atom stereocenters. The normalized spacial score (nSPS) is 15.0. The molecule has 2 amide bonds. The van der Waals surface area contributed by atoms with E-state index in [9.17, 15) is 19.7 Å². The number of halogens is 1. The third kappa shape index (κ3) is 5.02. The quantitative estimate of drug-likeness (QED) is 0.309. The van der Waals surface area contributed by atoms with Crippen LogP contribution in [0.2, 0.25) is 5.02 Å². The van der Waals surface area contributed by atoms with Gasteiger partial charge in [0.15, 0.2) is 0 Å². The van der Waals surface area contributed by atoms with Crippen LogP contribution in [0.4, 0.5) is 11.4 Å². The second kappa shape index (κ2) is 8.94. The molecule has 9 nitrogen and oxygen atoms in total. The van der Waals surface area contributed by atoms with Gasteiger partial charge in [-0.2, -0.15) is 5.26 Å². The molecule has 1 saturated heterocycles. The van der Waals surface area contributed by atoms with E-state index in [-0.39, 0.29) is 33.8 Å². The zero-order valence-electron chi connectivity index (χ0n) is 13.6. The highest BCUT2D eigenvalue weighted by Gasteiger charge is 2.21. The summed E-state index contributed by atoms with van der Waals surface area (Å²) >= 11 is 5.91. The number of nitro benzene ring substituents is 1. The second-order valence-corrected chi connectivity index (χ2v) is 5.99. The molecule has 0 bridgehead atoms. The van der Waals surface area contributed by atoms with Gasteiger partial charge in [0, 0.05) is 24.3 Å². The molecule has 0 saturated carbocycles. The highest BCUT2D eigenvalue weighted by atomic mass is 35.5. The number of hydrogen-bond donors (Lipinski definition) is 3. The predicted octanol–water partition coefficient (Wildman–Crippen LogP) is 1.71. The molecule has 2 rings (SSSR count). The van der Waals surface area contributed by atoms with Crippen LogP contribution in [0.3, 0.4) is 0 Å². The summed E-state index contributed by atoms with van der Waals surface area (Å²) in [5, 5.41) is 27.9. The van der Waals surface area contributed by atoms with Crippen LogP contribution in [0.5, 0.6) is 0 Å². The van der Waals surface area contributed by atoms with Gasteiger partial charge in [-0.3, -0.25) is 19.7 Å². The van der Waals surface area contributed by atoms with Crippen LogP contribution in [0.25, 0.3) is 0 Å². The van der Waals surface area contributed by atoms with E-state index in [1.165, 1.54) is 12.1 Å². The van der Waals surface area contributed by atoms with Gasteiger partial charge in [-0.15, -0.1) is 0 Å². The summed E-state index contributed by atoms with van der Waals surface area (Å²) in [5.74, 6) is -1.28. The lowest BCUT2D eigenvalue weighted by Gasteiger charge is -2.20. The van der Waals surface area contributed by atoms with Gasteiger partial charge < -0.3 is 16.0 Å². The van der Waals surface area contributed by atoms with Crippen molar-refractivity contribution >= 4 is 34.8 Å². The fourth-order valence-electron chi connectivity index (χ4n) is 2.41. The first kappa shape index (κ1) is 19.4. The van der Waals surface area contributed by atoms with E-state index in [0.717, 1.165) is 25.4 Å². The van der Waals surface area contributed by atoms with Crippen LogP contribution in [-0.2, 0) is 9.59 Å². The summed E-state index contributed by atoms with van der Waals surface area (Å²) in [7, 11) is 0. The molecular weight excluding hydrogens is 362 g/mol. The maximum atomic E-state index is 12.2. The number of nitro groups is 1. The van der Waals surface area contributed by atoms with Crippen molar-refractivity contribution in [3.63, 3.8) is 0 Å². The van der Waals surface area contributed by atoms with E-state index in [1.807, 2.05) is 0 Å². The Hall–Kier alpha value is -2.96. The van der Waals surface area contributed by atoms with Crippen LogP contribution in [-0.4, -0.2) is 29.8 Å². The Bertz CT molecular complexity index is 796. The van der Waals surface area contributed by atoms with Gasteiger partial charge in [0.05, 0.1) is 15.6 Å². The lowest BCUT2D eigenvalue weighted by Crippen LogP contribution is -2.36. The third-order valence-corrected chi connectivity index (χ3v) is 4.17. The van der Waals surface area contributed by atoms with E-state index in [1.54, 1.807) is 6.07 Å². The van der Waals surface area contributed by atoms with Crippen molar-refractivity contribution in [3.05, 3.63) is 45.1 Å². The van der Waals surface area contributed by atoms with Crippen molar-refractivity contribution in [1.29, 1.82) is 5.26 Å². The summed E-state index contributed by atoms with van der Waals surface area (Å²) in [6, 6.07) is 5.23. The average molecular weight is 378 g/mol. The molecule has 1 aliphatic rings. The number of benzene rings is 1. The van der Waals surface area contributed by atoms with Crippen molar-refractivity contribution < 1.29 is 14.5 Å². The molecule has 0 radical (unpaired) electrons. The minimum absolute atomic E-state index is 0.00306. The summed E-state index contributed by atoms with van der Waals surface area (Å²) in [5.41, 5.74) is -0.613. The second-order valence-electron chi connectivity index (χ2n) is 5.58. The van der Waals surface area contributed by atoms with Crippen LogP contribution in [0.1, 0.15) is 12.8 Å². The Morgan fingerprint density at radius 1 is 1.38 bits per heavy atom. The van der Waals surface area contributed by atoms with E-state index in [0.29, 0.717) is 12.8 Å². The zero-order chi connectivity index (χ0) is 19.1. The van der Waals surface area contributed by atoms with E-state index in [2.05, 4.69) is 16.0 Å². The Morgan fingerprint density at radius 3 is 2.69 bits per heavy atom. The number of amides is 2. The molecule has 10 heteroatoms. The topological polar surface area (TPSA) is 137 Å². The Labute approximate surface area is 154 Å². The zero-order valence-corrected chi connectivity index (χ0v) is 14.4. The summed E-state index contributed by atoms with van der Waals surface area (Å²) in [6.07, 6.45) is 2.39. The molecular formula is C16H16ClN5O4. The van der Waals surface area contributed by atoms with Gasteiger partial charge >= 0.3 is 0 Å². The van der Waals surface area contributed by atoms with Crippen molar-refractivity contribution in [1.82, 2.24) is 10.6 Å². The number of carbonyl (C=O) groups excluding carboxylic acids is 2.